The van der Waals surface area contributed by atoms with Gasteiger partial charge in [0.25, 0.3) is 0 Å². The molecule has 1 aromatic rings. The number of hydrogen-bond acceptors (Lipinski definition) is 12. The molecule has 0 aromatic heterocycles. The minimum absolute atomic E-state index is 0.166. The fourth-order valence-corrected chi connectivity index (χ4v) is 2.41. The quantitative estimate of drug-likeness (QED) is 0.137. The second kappa shape index (κ2) is 16.2. The third-order valence-electron chi connectivity index (χ3n) is 4.33. The van der Waals surface area contributed by atoms with Crippen molar-refractivity contribution in [2.24, 2.45) is 0 Å². The second-order valence-electron chi connectivity index (χ2n) is 7.96. The number of hydrogen-bond donors (Lipinski definition) is 0. The highest BCUT2D eigenvalue weighted by Crippen LogP contribution is 2.15. The van der Waals surface area contributed by atoms with E-state index in [1.54, 1.807) is 0 Å². The zero-order chi connectivity index (χ0) is 29.5. The van der Waals surface area contributed by atoms with Crippen LogP contribution >= 0.6 is 0 Å². The average molecular weight is 547 g/mol. The fourth-order valence-electron chi connectivity index (χ4n) is 2.41. The van der Waals surface area contributed by atoms with Crippen molar-refractivity contribution in [1.82, 2.24) is 0 Å². The molecule has 1 rings (SSSR count). The Morgan fingerprint density at radius 3 is 0.872 bits per heavy atom. The zero-order valence-electron chi connectivity index (χ0n) is 22.0. The first-order valence-electron chi connectivity index (χ1n) is 11.5. The maximum atomic E-state index is 12.6. The molecule has 0 unspecified atom stereocenters. The van der Waals surface area contributed by atoms with Gasteiger partial charge < -0.3 is 28.4 Å². The van der Waals surface area contributed by atoms with E-state index in [2.05, 4.69) is 19.7 Å². The molecule has 0 spiro atoms. The van der Waals surface area contributed by atoms with Crippen molar-refractivity contribution in [2.45, 2.75) is 20.8 Å². The molecule has 12 heteroatoms. The third kappa shape index (κ3) is 11.9. The topological polar surface area (TPSA) is 158 Å². The van der Waals surface area contributed by atoms with Gasteiger partial charge in [-0.3, -0.25) is 0 Å². The van der Waals surface area contributed by atoms with Crippen LogP contribution in [0.3, 0.4) is 0 Å². The van der Waals surface area contributed by atoms with Gasteiger partial charge in [-0.2, -0.15) is 0 Å². The van der Waals surface area contributed by atoms with Gasteiger partial charge in [-0.15, -0.1) is 0 Å². The van der Waals surface area contributed by atoms with Gasteiger partial charge in [0.1, 0.15) is 39.6 Å². The molecule has 0 saturated heterocycles. The highest BCUT2D eigenvalue weighted by atomic mass is 16.6. The summed E-state index contributed by atoms with van der Waals surface area (Å²) in [5.41, 5.74) is -0.112. The second-order valence-corrected chi connectivity index (χ2v) is 7.96. The summed E-state index contributed by atoms with van der Waals surface area (Å²) in [4.78, 5) is 71.9. The Morgan fingerprint density at radius 2 is 0.667 bits per heavy atom. The summed E-state index contributed by atoms with van der Waals surface area (Å²) in [5, 5.41) is 0. The van der Waals surface area contributed by atoms with Crippen LogP contribution in [0.25, 0.3) is 0 Å². The highest BCUT2D eigenvalue weighted by Gasteiger charge is 2.19. The molecule has 12 nitrogen and oxygen atoms in total. The van der Waals surface area contributed by atoms with Crippen LogP contribution in [0.5, 0.6) is 0 Å². The number of rotatable bonds is 15. The lowest BCUT2D eigenvalue weighted by Crippen LogP contribution is -2.18. The molecule has 0 fully saturated rings. The molecule has 0 amide bonds. The largest absolute Gasteiger partial charge is 0.459 e. The van der Waals surface area contributed by atoms with Crippen LogP contribution in [-0.2, 0) is 42.8 Å². The predicted molar refractivity (Wildman–Crippen MR) is 135 cm³/mol. The molecule has 0 atom stereocenters. The molecule has 210 valence electrons. The maximum absolute atomic E-state index is 12.6. The molecule has 0 aliphatic heterocycles. The van der Waals surface area contributed by atoms with E-state index in [4.69, 9.17) is 28.4 Å². The summed E-state index contributed by atoms with van der Waals surface area (Å²) in [6.07, 6.45) is 0. The molecule has 0 bridgehead atoms. The first-order valence-corrected chi connectivity index (χ1v) is 11.5. The Labute approximate surface area is 225 Å². The molecule has 0 aliphatic carbocycles. The Bertz CT molecular complexity index is 1010. The van der Waals surface area contributed by atoms with Crippen molar-refractivity contribution in [3.05, 3.63) is 71.3 Å². The first kappa shape index (κ1) is 32.3. The average Bonchev–Trinajstić information content (AvgIpc) is 2.89. The van der Waals surface area contributed by atoms with Crippen LogP contribution < -0.4 is 0 Å². The summed E-state index contributed by atoms with van der Waals surface area (Å²) in [7, 11) is 0. The standard InChI is InChI=1S/C27H30O12/c1-16(2)22(28)34-7-10-37-25(31)19-13-20(26(32)38-11-8-35-23(29)17(3)4)15-21(14-19)27(33)39-12-9-36-24(30)18(5)6/h13-15H,1,3,5,7-12H2,2,4,6H3. The van der Waals surface area contributed by atoms with E-state index in [9.17, 15) is 28.8 Å². The summed E-state index contributed by atoms with van der Waals surface area (Å²) >= 11 is 0. The van der Waals surface area contributed by atoms with E-state index < -0.39 is 35.8 Å². The Balaban J connectivity index is 2.94. The van der Waals surface area contributed by atoms with Gasteiger partial charge in [0.05, 0.1) is 16.7 Å². The minimum Gasteiger partial charge on any atom is -0.459 e. The van der Waals surface area contributed by atoms with Crippen LogP contribution in [0.4, 0.5) is 0 Å². The van der Waals surface area contributed by atoms with Crippen molar-refractivity contribution >= 4 is 35.8 Å². The van der Waals surface area contributed by atoms with Crippen molar-refractivity contribution in [3.8, 4) is 0 Å². The predicted octanol–water partition coefficient (Wildman–Crippen LogP) is 2.51. The van der Waals surface area contributed by atoms with Crippen LogP contribution in [0, 0.1) is 0 Å². The van der Waals surface area contributed by atoms with Gasteiger partial charge in [0, 0.05) is 16.7 Å². The fraction of sp³-hybridized carbons (Fsp3) is 0.333. The smallest absolute Gasteiger partial charge is 0.338 e. The van der Waals surface area contributed by atoms with Crippen LogP contribution in [0.15, 0.2) is 54.7 Å². The Morgan fingerprint density at radius 1 is 0.462 bits per heavy atom. The normalized spacial score (nSPS) is 9.92. The van der Waals surface area contributed by atoms with Crippen molar-refractivity contribution < 1.29 is 57.2 Å². The molecule has 1 aromatic carbocycles. The van der Waals surface area contributed by atoms with E-state index in [1.807, 2.05) is 0 Å². The maximum Gasteiger partial charge on any atom is 0.338 e. The molecule has 0 heterocycles. The van der Waals surface area contributed by atoms with Gasteiger partial charge in [-0.25, -0.2) is 28.8 Å². The Hall–Kier alpha value is -4.74. The van der Waals surface area contributed by atoms with E-state index in [0.717, 1.165) is 18.2 Å². The van der Waals surface area contributed by atoms with Gasteiger partial charge in [0.2, 0.25) is 0 Å². The SMILES string of the molecule is C=C(C)C(=O)OCCOC(=O)c1cc(C(=O)OCCOC(=O)C(=C)C)cc(C(=O)OCCOC(=O)C(=C)C)c1. The first-order chi connectivity index (χ1) is 18.3. The molecule has 0 radical (unpaired) electrons. The van der Waals surface area contributed by atoms with Crippen molar-refractivity contribution in [2.75, 3.05) is 39.6 Å². The molecule has 39 heavy (non-hydrogen) atoms. The van der Waals surface area contributed by atoms with E-state index in [0.29, 0.717) is 0 Å². The van der Waals surface area contributed by atoms with Crippen LogP contribution in [0.1, 0.15) is 51.8 Å². The van der Waals surface area contributed by atoms with Gasteiger partial charge in [0.15, 0.2) is 0 Å². The number of carbonyl (C=O) groups excluding carboxylic acids is 6. The number of carbonyl (C=O) groups is 6. The lowest BCUT2D eigenvalue weighted by Gasteiger charge is -2.11. The monoisotopic (exact) mass is 546 g/mol. The molecular formula is C27H30O12. The summed E-state index contributed by atoms with van der Waals surface area (Å²) < 4.78 is 29.6. The summed E-state index contributed by atoms with van der Waals surface area (Å²) in [6.45, 7) is 13.0. The van der Waals surface area contributed by atoms with E-state index in [1.165, 1.54) is 20.8 Å². The number of esters is 6. The van der Waals surface area contributed by atoms with Crippen LogP contribution in [-0.4, -0.2) is 75.5 Å². The molecule has 0 aliphatic rings. The molecule has 0 saturated carbocycles. The summed E-state index contributed by atoms with van der Waals surface area (Å²) in [6, 6.07) is 3.36. The lowest BCUT2D eigenvalue weighted by atomic mass is 10.1. The van der Waals surface area contributed by atoms with Crippen LogP contribution in [0.2, 0.25) is 0 Å². The molecule has 0 N–H and O–H groups in total. The van der Waals surface area contributed by atoms with Crippen molar-refractivity contribution in [1.29, 1.82) is 0 Å². The number of benzene rings is 1. The Kier molecular flexibility index (Phi) is 13.4. The summed E-state index contributed by atoms with van der Waals surface area (Å²) in [5.74, 6) is -4.79. The highest BCUT2D eigenvalue weighted by molar-refractivity contribution is 6.00. The van der Waals surface area contributed by atoms with Gasteiger partial charge in [-0.05, 0) is 39.0 Å². The van der Waals surface area contributed by atoms with Gasteiger partial charge >= 0.3 is 35.8 Å². The minimum atomic E-state index is -0.934. The third-order valence-corrected chi connectivity index (χ3v) is 4.33. The number of ether oxygens (including phenoxy) is 6. The lowest BCUT2D eigenvalue weighted by molar-refractivity contribution is -0.140. The van der Waals surface area contributed by atoms with Gasteiger partial charge in [-0.1, -0.05) is 19.7 Å². The van der Waals surface area contributed by atoms with Crippen molar-refractivity contribution in [3.63, 3.8) is 0 Å². The zero-order valence-corrected chi connectivity index (χ0v) is 22.0. The van der Waals surface area contributed by atoms with E-state index >= 15 is 0 Å². The van der Waals surface area contributed by atoms with E-state index in [-0.39, 0.29) is 73.1 Å². The molecular weight excluding hydrogens is 516 g/mol.